The third-order valence-electron chi connectivity index (χ3n) is 5.02. The molecule has 1 nitrogen and oxygen atoms in total. The van der Waals surface area contributed by atoms with Crippen LogP contribution >= 0.6 is 0 Å². The van der Waals surface area contributed by atoms with Crippen molar-refractivity contribution >= 4 is 10.9 Å². The molecule has 0 N–H and O–H groups in total. The van der Waals surface area contributed by atoms with E-state index in [0.29, 0.717) is 5.56 Å². The van der Waals surface area contributed by atoms with Crippen molar-refractivity contribution < 1.29 is 17.7 Å². The van der Waals surface area contributed by atoms with Gasteiger partial charge in [0.1, 0.15) is 7.05 Å². The zero-order chi connectivity index (χ0) is 19.1. The van der Waals surface area contributed by atoms with Crippen molar-refractivity contribution in [2.24, 2.45) is 7.05 Å². The van der Waals surface area contributed by atoms with Crippen LogP contribution in [0.3, 0.4) is 0 Å². The molecule has 1 heterocycles. The topological polar surface area (TPSA) is 3.88 Å². The lowest BCUT2D eigenvalue weighted by molar-refractivity contribution is -0.633. The predicted molar refractivity (Wildman–Crippen MR) is 99.1 cm³/mol. The molecule has 3 rings (SSSR count). The van der Waals surface area contributed by atoms with Crippen LogP contribution < -0.4 is 4.57 Å². The van der Waals surface area contributed by atoms with Gasteiger partial charge >= 0.3 is 6.18 Å². The first-order chi connectivity index (χ1) is 12.2. The van der Waals surface area contributed by atoms with Crippen LogP contribution in [0.1, 0.15) is 28.7 Å². The summed E-state index contributed by atoms with van der Waals surface area (Å²) in [5, 5.41) is 1.02. The van der Waals surface area contributed by atoms with Crippen LogP contribution in [-0.2, 0) is 13.5 Å². The highest BCUT2D eigenvalue weighted by atomic mass is 19.4. The second-order valence-electron chi connectivity index (χ2n) is 7.04. The molecule has 0 amide bonds. The van der Waals surface area contributed by atoms with Gasteiger partial charge in [-0.05, 0) is 62.1 Å². The summed E-state index contributed by atoms with van der Waals surface area (Å²) >= 11 is 0. The molecular weight excluding hydrogens is 335 g/mol. The van der Waals surface area contributed by atoms with Crippen LogP contribution in [0.5, 0.6) is 0 Å². The third kappa shape index (κ3) is 3.74. The second kappa shape index (κ2) is 6.75. The minimum atomic E-state index is -4.13. The predicted octanol–water partition coefficient (Wildman–Crippen LogP) is 5.75. The summed E-state index contributed by atoms with van der Waals surface area (Å²) in [6.07, 6.45) is -4.92. The molecule has 0 aliphatic heterocycles. The molecule has 0 saturated heterocycles. The lowest BCUT2D eigenvalue weighted by Crippen LogP contribution is -2.32. The van der Waals surface area contributed by atoms with Gasteiger partial charge in [0.2, 0.25) is 11.2 Å². The standard InChI is InChI=1S/C22H23F3N/c1-14-11-15(2)16(3)19(12-14)20-8-7-18-6-5-17(9-10-22(23,24)25)13-21(18)26(20)4/h5-8,11-13H,9-10H2,1-4H3/q+1. The fourth-order valence-corrected chi connectivity index (χ4v) is 3.45. The minimum absolute atomic E-state index is 0.00620. The Bertz CT molecular complexity index is 971. The quantitative estimate of drug-likeness (QED) is 0.525. The Morgan fingerprint density at radius 2 is 1.62 bits per heavy atom. The highest BCUT2D eigenvalue weighted by Crippen LogP contribution is 2.27. The first kappa shape index (κ1) is 18.4. The molecule has 0 spiro atoms. The van der Waals surface area contributed by atoms with E-state index in [0.717, 1.165) is 22.2 Å². The minimum Gasteiger partial charge on any atom is -0.194 e. The Hall–Kier alpha value is -2.36. The van der Waals surface area contributed by atoms with E-state index in [1.54, 1.807) is 6.07 Å². The van der Waals surface area contributed by atoms with Gasteiger partial charge in [-0.3, -0.25) is 0 Å². The average Bonchev–Trinajstić information content (AvgIpc) is 2.56. The first-order valence-electron chi connectivity index (χ1n) is 8.72. The molecule has 4 heteroatoms. The number of pyridine rings is 1. The summed E-state index contributed by atoms with van der Waals surface area (Å²) in [7, 11) is 1.97. The monoisotopic (exact) mass is 358 g/mol. The van der Waals surface area contributed by atoms with Gasteiger partial charge in [0.05, 0.1) is 0 Å². The number of fused-ring (bicyclic) bond motifs is 1. The lowest BCUT2D eigenvalue weighted by Gasteiger charge is -2.11. The van der Waals surface area contributed by atoms with E-state index in [2.05, 4.69) is 43.5 Å². The van der Waals surface area contributed by atoms with E-state index >= 15 is 0 Å². The largest absolute Gasteiger partial charge is 0.389 e. The number of rotatable bonds is 3. The summed E-state index contributed by atoms with van der Waals surface area (Å²) in [6.45, 7) is 6.28. The summed E-state index contributed by atoms with van der Waals surface area (Å²) in [6, 6.07) is 14.0. The van der Waals surface area contributed by atoms with Crippen molar-refractivity contribution in [2.75, 3.05) is 0 Å². The number of halogens is 3. The summed E-state index contributed by atoms with van der Waals surface area (Å²) in [4.78, 5) is 0. The Morgan fingerprint density at radius 3 is 2.31 bits per heavy atom. The number of alkyl halides is 3. The average molecular weight is 358 g/mol. The third-order valence-corrected chi connectivity index (χ3v) is 5.02. The smallest absolute Gasteiger partial charge is 0.194 e. The molecule has 1 aromatic heterocycles. The van der Waals surface area contributed by atoms with Gasteiger partial charge in [0.15, 0.2) is 0 Å². The van der Waals surface area contributed by atoms with Gasteiger partial charge in [-0.1, -0.05) is 17.7 Å². The van der Waals surface area contributed by atoms with Crippen molar-refractivity contribution in [3.05, 3.63) is 64.7 Å². The van der Waals surface area contributed by atoms with Crippen molar-refractivity contribution in [3.8, 4) is 11.3 Å². The molecule has 3 aromatic rings. The maximum absolute atomic E-state index is 12.5. The van der Waals surface area contributed by atoms with Crippen molar-refractivity contribution in [1.29, 1.82) is 0 Å². The van der Waals surface area contributed by atoms with E-state index in [-0.39, 0.29) is 6.42 Å². The van der Waals surface area contributed by atoms with Crippen molar-refractivity contribution in [2.45, 2.75) is 39.8 Å². The fourth-order valence-electron chi connectivity index (χ4n) is 3.45. The number of aromatic nitrogens is 1. The molecule has 0 unspecified atom stereocenters. The Balaban J connectivity index is 2.10. The van der Waals surface area contributed by atoms with Gasteiger partial charge in [-0.15, -0.1) is 0 Å². The van der Waals surface area contributed by atoms with E-state index < -0.39 is 12.6 Å². The maximum Gasteiger partial charge on any atom is 0.389 e. The van der Waals surface area contributed by atoms with Crippen LogP contribution in [0.25, 0.3) is 22.2 Å². The maximum atomic E-state index is 12.5. The molecule has 0 saturated carbocycles. The van der Waals surface area contributed by atoms with Gasteiger partial charge in [0.25, 0.3) is 0 Å². The molecule has 26 heavy (non-hydrogen) atoms. The lowest BCUT2D eigenvalue weighted by atomic mass is 9.96. The molecular formula is C22H23F3N+. The highest BCUT2D eigenvalue weighted by Gasteiger charge is 2.26. The second-order valence-corrected chi connectivity index (χ2v) is 7.04. The SMILES string of the molecule is Cc1cc(C)c(C)c(-c2ccc3ccc(CCC(F)(F)F)cc3[n+]2C)c1. The van der Waals surface area contributed by atoms with Gasteiger partial charge in [0, 0.05) is 29.5 Å². The highest BCUT2D eigenvalue weighted by molar-refractivity contribution is 5.79. The Labute approximate surface area is 152 Å². The Morgan fingerprint density at radius 1 is 0.923 bits per heavy atom. The van der Waals surface area contributed by atoms with E-state index in [9.17, 15) is 13.2 Å². The van der Waals surface area contributed by atoms with Crippen LogP contribution in [0, 0.1) is 20.8 Å². The number of nitrogens with zero attached hydrogens (tertiary/aromatic N) is 1. The van der Waals surface area contributed by atoms with Crippen LogP contribution in [-0.4, -0.2) is 6.18 Å². The van der Waals surface area contributed by atoms with Crippen LogP contribution in [0.4, 0.5) is 13.2 Å². The molecule has 0 bridgehead atoms. The fraction of sp³-hybridized carbons (Fsp3) is 0.318. The van der Waals surface area contributed by atoms with E-state index in [1.165, 1.54) is 16.7 Å². The number of hydrogen-bond acceptors (Lipinski definition) is 0. The normalized spacial score (nSPS) is 12.0. The van der Waals surface area contributed by atoms with Gasteiger partial charge in [-0.25, -0.2) is 0 Å². The molecule has 0 aliphatic rings. The number of benzene rings is 2. The molecule has 0 fully saturated rings. The summed E-state index contributed by atoms with van der Waals surface area (Å²) in [5.74, 6) is 0. The van der Waals surface area contributed by atoms with Gasteiger partial charge < -0.3 is 0 Å². The van der Waals surface area contributed by atoms with E-state index in [1.807, 2.05) is 25.2 Å². The Kier molecular flexibility index (Phi) is 4.78. The zero-order valence-electron chi connectivity index (χ0n) is 15.5. The molecule has 0 aliphatic carbocycles. The molecule has 136 valence electrons. The van der Waals surface area contributed by atoms with E-state index in [4.69, 9.17) is 0 Å². The zero-order valence-corrected chi connectivity index (χ0v) is 15.5. The van der Waals surface area contributed by atoms with Crippen molar-refractivity contribution in [3.63, 3.8) is 0 Å². The molecule has 0 atom stereocenters. The number of hydrogen-bond donors (Lipinski definition) is 0. The molecule has 2 aromatic carbocycles. The van der Waals surface area contributed by atoms with Crippen LogP contribution in [0.2, 0.25) is 0 Å². The van der Waals surface area contributed by atoms with Crippen LogP contribution in [0.15, 0.2) is 42.5 Å². The van der Waals surface area contributed by atoms with Gasteiger partial charge in [-0.2, -0.15) is 17.7 Å². The van der Waals surface area contributed by atoms with Crippen molar-refractivity contribution in [1.82, 2.24) is 0 Å². The summed E-state index contributed by atoms with van der Waals surface area (Å²) < 4.78 is 39.7. The number of aryl methyl sites for hydroxylation is 4. The first-order valence-corrected chi connectivity index (χ1v) is 8.72. The summed E-state index contributed by atoms with van der Waals surface area (Å²) in [5.41, 5.74) is 7.53. The molecule has 0 radical (unpaired) electrons.